The molecule has 0 aliphatic rings. The van der Waals surface area contributed by atoms with Crippen molar-refractivity contribution < 1.29 is 13.9 Å². The molecule has 0 amide bonds. The predicted molar refractivity (Wildman–Crippen MR) is 119 cm³/mol. The van der Waals surface area contributed by atoms with Crippen molar-refractivity contribution in [1.82, 2.24) is 10.6 Å². The highest BCUT2D eigenvalue weighted by molar-refractivity contribution is 14.0. The van der Waals surface area contributed by atoms with E-state index in [1.54, 1.807) is 19.4 Å². The summed E-state index contributed by atoms with van der Waals surface area (Å²) in [6, 6.07) is 11.4. The summed E-state index contributed by atoms with van der Waals surface area (Å²) in [6.45, 7) is 7.59. The molecule has 1 unspecified atom stereocenters. The number of halogens is 1. The summed E-state index contributed by atoms with van der Waals surface area (Å²) >= 11 is 0. The summed E-state index contributed by atoms with van der Waals surface area (Å²) in [7, 11) is 1.64. The van der Waals surface area contributed by atoms with Crippen LogP contribution in [0.4, 0.5) is 0 Å². The number of aliphatic imine (C=N–C) groups is 1. The zero-order valence-corrected chi connectivity index (χ0v) is 18.1. The van der Waals surface area contributed by atoms with Crippen LogP contribution in [0, 0.1) is 0 Å². The molecule has 0 saturated heterocycles. The van der Waals surface area contributed by atoms with Crippen LogP contribution in [-0.4, -0.2) is 38.8 Å². The fourth-order valence-electron chi connectivity index (χ4n) is 2.27. The number of hydrogen-bond acceptors (Lipinski definition) is 4. The topological polar surface area (TPSA) is 68.0 Å². The zero-order valence-electron chi connectivity index (χ0n) is 15.8. The van der Waals surface area contributed by atoms with Crippen LogP contribution in [0.25, 0.3) is 0 Å². The first-order valence-electron chi connectivity index (χ1n) is 8.67. The molecule has 2 rings (SSSR count). The third-order valence-electron chi connectivity index (χ3n) is 3.54. The van der Waals surface area contributed by atoms with Crippen LogP contribution >= 0.6 is 24.0 Å². The van der Waals surface area contributed by atoms with E-state index in [-0.39, 0.29) is 30.1 Å². The minimum atomic E-state index is -0.0745. The van der Waals surface area contributed by atoms with Gasteiger partial charge in [0.05, 0.1) is 19.9 Å². The average molecular weight is 485 g/mol. The van der Waals surface area contributed by atoms with Crippen molar-refractivity contribution in [3.05, 3.63) is 61.1 Å². The van der Waals surface area contributed by atoms with Gasteiger partial charge in [0.15, 0.2) is 5.96 Å². The lowest BCUT2D eigenvalue weighted by Crippen LogP contribution is -2.39. The fourth-order valence-corrected chi connectivity index (χ4v) is 2.27. The van der Waals surface area contributed by atoms with E-state index < -0.39 is 0 Å². The van der Waals surface area contributed by atoms with E-state index in [0.29, 0.717) is 13.1 Å². The molecule has 0 aliphatic carbocycles. The summed E-state index contributed by atoms with van der Waals surface area (Å²) in [5.74, 6) is 3.19. The van der Waals surface area contributed by atoms with E-state index >= 15 is 0 Å². The molecule has 2 aromatic rings. The molecule has 0 spiro atoms. The van der Waals surface area contributed by atoms with Crippen LogP contribution in [0.5, 0.6) is 11.5 Å². The Morgan fingerprint density at radius 1 is 1.26 bits per heavy atom. The van der Waals surface area contributed by atoms with Gasteiger partial charge in [-0.3, -0.25) is 0 Å². The molecule has 1 aromatic carbocycles. The van der Waals surface area contributed by atoms with Gasteiger partial charge in [0.1, 0.15) is 23.4 Å². The van der Waals surface area contributed by atoms with Crippen molar-refractivity contribution in [1.29, 1.82) is 0 Å². The van der Waals surface area contributed by atoms with E-state index in [0.717, 1.165) is 36.2 Å². The van der Waals surface area contributed by atoms with E-state index in [4.69, 9.17) is 13.9 Å². The lowest BCUT2D eigenvalue weighted by atomic mass is 10.3. The summed E-state index contributed by atoms with van der Waals surface area (Å²) in [6.07, 6.45) is 4.18. The normalized spacial score (nSPS) is 11.9. The minimum Gasteiger partial charge on any atom is -0.497 e. The second-order valence-corrected chi connectivity index (χ2v) is 5.72. The summed E-state index contributed by atoms with van der Waals surface area (Å²) < 4.78 is 16.4. The largest absolute Gasteiger partial charge is 0.497 e. The molecule has 1 aromatic heterocycles. The second-order valence-electron chi connectivity index (χ2n) is 5.72. The number of guanidine groups is 1. The van der Waals surface area contributed by atoms with Gasteiger partial charge in [-0.25, -0.2) is 4.99 Å². The van der Waals surface area contributed by atoms with Gasteiger partial charge in [0.2, 0.25) is 0 Å². The number of ether oxygens (including phenoxy) is 2. The molecule has 7 heteroatoms. The Labute approximate surface area is 178 Å². The molecule has 1 atom stereocenters. The molecule has 6 nitrogen and oxygen atoms in total. The second kappa shape index (κ2) is 13.1. The zero-order chi connectivity index (χ0) is 18.6. The SMILES string of the molecule is C=CCNC(=NCC(C)Oc1cccc(OC)c1)NCCc1ccco1.I. The Balaban J connectivity index is 0.00000364. The molecule has 0 aliphatic heterocycles. The number of nitrogens with one attached hydrogen (secondary N) is 2. The first kappa shape index (κ1) is 22.9. The predicted octanol–water partition coefficient (Wildman–Crippen LogP) is 3.64. The van der Waals surface area contributed by atoms with Gasteiger partial charge in [-0.15, -0.1) is 30.6 Å². The lowest BCUT2D eigenvalue weighted by molar-refractivity contribution is 0.229. The Kier molecular flexibility index (Phi) is 11.1. The lowest BCUT2D eigenvalue weighted by Gasteiger charge is -2.15. The third-order valence-corrected chi connectivity index (χ3v) is 3.54. The molecule has 0 saturated carbocycles. The molecule has 0 fully saturated rings. The maximum atomic E-state index is 5.90. The molecular weight excluding hydrogens is 457 g/mol. The number of methoxy groups -OCH3 is 1. The Bertz CT molecular complexity index is 690. The average Bonchev–Trinajstić information content (AvgIpc) is 3.17. The quantitative estimate of drug-likeness (QED) is 0.233. The Morgan fingerprint density at radius 3 is 2.78 bits per heavy atom. The van der Waals surface area contributed by atoms with Crippen molar-refractivity contribution in [3.63, 3.8) is 0 Å². The van der Waals surface area contributed by atoms with Gasteiger partial charge < -0.3 is 24.5 Å². The van der Waals surface area contributed by atoms with Crippen molar-refractivity contribution in [2.24, 2.45) is 4.99 Å². The van der Waals surface area contributed by atoms with Gasteiger partial charge >= 0.3 is 0 Å². The van der Waals surface area contributed by atoms with Crippen molar-refractivity contribution >= 4 is 29.9 Å². The maximum absolute atomic E-state index is 5.90. The summed E-state index contributed by atoms with van der Waals surface area (Å²) in [5, 5.41) is 6.49. The molecule has 2 N–H and O–H groups in total. The number of furan rings is 1. The van der Waals surface area contributed by atoms with Crippen LogP contribution < -0.4 is 20.1 Å². The maximum Gasteiger partial charge on any atom is 0.191 e. The highest BCUT2D eigenvalue weighted by Gasteiger charge is 2.06. The van der Waals surface area contributed by atoms with E-state index in [1.807, 2.05) is 43.3 Å². The monoisotopic (exact) mass is 485 g/mol. The smallest absolute Gasteiger partial charge is 0.191 e. The molecule has 1 heterocycles. The number of hydrogen-bond donors (Lipinski definition) is 2. The minimum absolute atomic E-state index is 0. The van der Waals surface area contributed by atoms with Gasteiger partial charge in [-0.2, -0.15) is 0 Å². The molecule has 148 valence electrons. The molecule has 27 heavy (non-hydrogen) atoms. The summed E-state index contributed by atoms with van der Waals surface area (Å²) in [4.78, 5) is 4.58. The third kappa shape index (κ3) is 8.85. The van der Waals surface area contributed by atoms with E-state index in [2.05, 4.69) is 22.2 Å². The van der Waals surface area contributed by atoms with Gasteiger partial charge in [-0.05, 0) is 31.2 Å². The fraction of sp³-hybridized carbons (Fsp3) is 0.350. The molecule has 0 radical (unpaired) electrons. The molecule has 0 bridgehead atoms. The van der Waals surface area contributed by atoms with Crippen molar-refractivity contribution in [2.45, 2.75) is 19.4 Å². The number of rotatable bonds is 10. The van der Waals surface area contributed by atoms with Crippen molar-refractivity contribution in [3.8, 4) is 11.5 Å². The highest BCUT2D eigenvalue weighted by atomic mass is 127. The highest BCUT2D eigenvalue weighted by Crippen LogP contribution is 2.19. The first-order valence-corrected chi connectivity index (χ1v) is 8.67. The van der Waals surface area contributed by atoms with E-state index in [9.17, 15) is 0 Å². The van der Waals surface area contributed by atoms with Crippen molar-refractivity contribution in [2.75, 3.05) is 26.7 Å². The van der Waals surface area contributed by atoms with Crippen LogP contribution in [0.3, 0.4) is 0 Å². The summed E-state index contributed by atoms with van der Waals surface area (Å²) in [5.41, 5.74) is 0. The molecular formula is C20H28IN3O3. The van der Waals surface area contributed by atoms with E-state index in [1.165, 1.54) is 0 Å². The van der Waals surface area contributed by atoms with Crippen LogP contribution in [0.1, 0.15) is 12.7 Å². The number of nitrogens with zero attached hydrogens (tertiary/aromatic N) is 1. The van der Waals surface area contributed by atoms with Crippen LogP contribution in [0.15, 0.2) is 64.7 Å². The van der Waals surface area contributed by atoms with Crippen LogP contribution in [-0.2, 0) is 6.42 Å². The number of benzene rings is 1. The van der Waals surface area contributed by atoms with Crippen LogP contribution in [0.2, 0.25) is 0 Å². The van der Waals surface area contributed by atoms with Gasteiger partial charge in [0.25, 0.3) is 0 Å². The van der Waals surface area contributed by atoms with Gasteiger partial charge in [-0.1, -0.05) is 12.1 Å². The Hall–Kier alpha value is -2.16. The standard InChI is InChI=1S/C20H27N3O3.HI/c1-4-11-21-20(22-12-10-17-9-6-13-25-17)23-15-16(2)26-19-8-5-7-18(14-19)24-3;/h4-9,13-14,16H,1,10-12,15H2,2-3H3,(H2,21,22,23);1H. The first-order chi connectivity index (χ1) is 12.7. The Morgan fingerprint density at radius 2 is 2.07 bits per heavy atom. The van der Waals surface area contributed by atoms with Gasteiger partial charge in [0, 0.05) is 25.6 Å².